The molecule has 0 saturated carbocycles. The molecular weight excluding hydrogens is 717 g/mol. The van der Waals surface area contributed by atoms with Gasteiger partial charge in [-0.2, -0.15) is 25.3 Å². The van der Waals surface area contributed by atoms with Crippen molar-refractivity contribution in [3.63, 3.8) is 0 Å². The van der Waals surface area contributed by atoms with Crippen LogP contribution in [0.5, 0.6) is 28.7 Å². The first kappa shape index (κ1) is 37.2. The third kappa shape index (κ3) is 9.60. The molecule has 0 aliphatic heterocycles. The van der Waals surface area contributed by atoms with E-state index in [0.29, 0.717) is 28.7 Å². The summed E-state index contributed by atoms with van der Waals surface area (Å²) in [5.74, 6) is -0.121. The molecular formula is C37H36O11S3. The van der Waals surface area contributed by atoms with Gasteiger partial charge in [0.05, 0.1) is 38.6 Å². The van der Waals surface area contributed by atoms with Crippen LogP contribution in [0.2, 0.25) is 0 Å². The molecule has 0 aliphatic rings. The predicted octanol–water partition coefficient (Wildman–Crippen LogP) is 6.43. The van der Waals surface area contributed by atoms with Crippen LogP contribution >= 0.6 is 0 Å². The Bertz CT molecular complexity index is 2300. The fraction of sp³-hybridized carbons (Fsp3) is 0.189. The SMILES string of the molecule is COc1cc(-c2ccc(OS(C)(=O)=O)cc2)c(OC)c(OS(C)(=O)=O)c1-c1ccc(CC(c2ccccc2)c2ccccc2)c(OS(C)(=O)=O)c1. The first-order chi connectivity index (χ1) is 24.0. The van der Waals surface area contributed by atoms with Crippen LogP contribution in [0.3, 0.4) is 0 Å². The molecule has 0 amide bonds. The number of rotatable bonds is 14. The normalized spacial score (nSPS) is 12.0. The summed E-state index contributed by atoms with van der Waals surface area (Å²) in [6.07, 6.45) is 3.11. The summed E-state index contributed by atoms with van der Waals surface area (Å²) >= 11 is 0. The number of hydrogen-bond donors (Lipinski definition) is 0. The molecule has 0 heterocycles. The Labute approximate surface area is 298 Å². The van der Waals surface area contributed by atoms with E-state index in [2.05, 4.69) is 0 Å². The first-order valence-corrected chi connectivity index (χ1v) is 20.8. The molecule has 0 spiro atoms. The van der Waals surface area contributed by atoms with Gasteiger partial charge in [-0.3, -0.25) is 0 Å². The Morgan fingerprint density at radius 3 is 1.55 bits per heavy atom. The lowest BCUT2D eigenvalue weighted by Gasteiger charge is -2.22. The lowest BCUT2D eigenvalue weighted by Crippen LogP contribution is -2.11. The lowest BCUT2D eigenvalue weighted by molar-refractivity contribution is 0.386. The summed E-state index contributed by atoms with van der Waals surface area (Å²) in [6, 6.07) is 32.1. The monoisotopic (exact) mass is 752 g/mol. The Hall–Kier alpha value is -5.05. The second kappa shape index (κ2) is 15.1. The second-order valence-corrected chi connectivity index (χ2v) is 16.4. The maximum atomic E-state index is 12.7. The van der Waals surface area contributed by atoms with Crippen molar-refractivity contribution in [2.24, 2.45) is 0 Å². The van der Waals surface area contributed by atoms with Crippen LogP contribution in [0.25, 0.3) is 22.3 Å². The van der Waals surface area contributed by atoms with Gasteiger partial charge in [0, 0.05) is 11.5 Å². The van der Waals surface area contributed by atoms with Gasteiger partial charge in [0.1, 0.15) is 17.2 Å². The largest absolute Gasteiger partial charge is 0.496 e. The Balaban J connectivity index is 1.70. The van der Waals surface area contributed by atoms with E-state index in [1.54, 1.807) is 30.3 Å². The minimum Gasteiger partial charge on any atom is -0.496 e. The van der Waals surface area contributed by atoms with E-state index in [9.17, 15) is 25.3 Å². The van der Waals surface area contributed by atoms with Gasteiger partial charge in [-0.15, -0.1) is 0 Å². The van der Waals surface area contributed by atoms with Gasteiger partial charge >= 0.3 is 30.4 Å². The van der Waals surface area contributed by atoms with Gasteiger partial charge in [0.25, 0.3) is 0 Å². The highest BCUT2D eigenvalue weighted by atomic mass is 32.2. The van der Waals surface area contributed by atoms with Gasteiger partial charge in [-0.05, 0) is 58.5 Å². The average Bonchev–Trinajstić information content (AvgIpc) is 3.06. The van der Waals surface area contributed by atoms with E-state index in [-0.39, 0.29) is 40.2 Å². The van der Waals surface area contributed by atoms with E-state index in [1.165, 1.54) is 32.4 Å². The minimum atomic E-state index is -4.16. The van der Waals surface area contributed by atoms with Crippen LogP contribution in [-0.4, -0.2) is 58.2 Å². The molecule has 0 bridgehead atoms. The fourth-order valence-electron chi connectivity index (χ4n) is 5.70. The highest BCUT2D eigenvalue weighted by Crippen LogP contribution is 2.51. The van der Waals surface area contributed by atoms with Gasteiger partial charge in [-0.25, -0.2) is 0 Å². The van der Waals surface area contributed by atoms with Crippen molar-refractivity contribution in [3.8, 4) is 51.0 Å². The van der Waals surface area contributed by atoms with E-state index in [0.717, 1.165) is 29.9 Å². The minimum absolute atomic E-state index is 0.0101. The van der Waals surface area contributed by atoms with Crippen molar-refractivity contribution in [1.82, 2.24) is 0 Å². The summed E-state index contributed by atoms with van der Waals surface area (Å²) in [5, 5.41) is 0. The number of hydrogen-bond acceptors (Lipinski definition) is 11. The smallest absolute Gasteiger partial charge is 0.306 e. The van der Waals surface area contributed by atoms with Crippen molar-refractivity contribution in [3.05, 3.63) is 126 Å². The number of ether oxygens (including phenoxy) is 2. The van der Waals surface area contributed by atoms with Crippen LogP contribution < -0.4 is 22.0 Å². The molecule has 0 aromatic heterocycles. The second-order valence-electron chi connectivity index (χ2n) is 11.7. The van der Waals surface area contributed by atoms with Crippen LogP contribution in [0.4, 0.5) is 0 Å². The van der Waals surface area contributed by atoms with Crippen LogP contribution in [0.1, 0.15) is 22.6 Å². The summed E-state index contributed by atoms with van der Waals surface area (Å²) in [6.45, 7) is 0. The average molecular weight is 753 g/mol. The van der Waals surface area contributed by atoms with Crippen LogP contribution in [0, 0.1) is 0 Å². The zero-order valence-corrected chi connectivity index (χ0v) is 30.8. The molecule has 51 heavy (non-hydrogen) atoms. The van der Waals surface area contributed by atoms with E-state index < -0.39 is 30.4 Å². The van der Waals surface area contributed by atoms with Gasteiger partial charge in [0.15, 0.2) is 11.5 Å². The first-order valence-electron chi connectivity index (χ1n) is 15.4. The molecule has 268 valence electrons. The molecule has 0 saturated heterocycles. The highest BCUT2D eigenvalue weighted by Gasteiger charge is 2.28. The van der Waals surface area contributed by atoms with Crippen molar-refractivity contribution in [2.75, 3.05) is 33.0 Å². The Kier molecular flexibility index (Phi) is 11.0. The van der Waals surface area contributed by atoms with Crippen LogP contribution in [-0.2, 0) is 36.8 Å². The Morgan fingerprint density at radius 2 is 1.06 bits per heavy atom. The van der Waals surface area contributed by atoms with Crippen molar-refractivity contribution in [1.29, 1.82) is 0 Å². The molecule has 11 nitrogen and oxygen atoms in total. The predicted molar refractivity (Wildman–Crippen MR) is 195 cm³/mol. The van der Waals surface area contributed by atoms with Crippen molar-refractivity contribution >= 4 is 30.4 Å². The van der Waals surface area contributed by atoms with Crippen molar-refractivity contribution in [2.45, 2.75) is 12.3 Å². The van der Waals surface area contributed by atoms with Gasteiger partial charge in [0.2, 0.25) is 0 Å². The maximum absolute atomic E-state index is 12.7. The lowest BCUT2D eigenvalue weighted by atomic mass is 9.85. The molecule has 0 aliphatic carbocycles. The number of methoxy groups -OCH3 is 2. The third-order valence-corrected chi connectivity index (χ3v) is 9.14. The molecule has 0 fully saturated rings. The van der Waals surface area contributed by atoms with Crippen molar-refractivity contribution < 1.29 is 47.3 Å². The third-order valence-electron chi connectivity index (χ3n) is 7.70. The molecule has 0 radical (unpaired) electrons. The quantitative estimate of drug-likeness (QED) is 0.116. The molecule has 0 N–H and O–H groups in total. The summed E-state index contributed by atoms with van der Waals surface area (Å²) in [7, 11) is -9.24. The molecule has 5 aromatic carbocycles. The summed E-state index contributed by atoms with van der Waals surface area (Å²) in [5.41, 5.74) is 3.89. The van der Waals surface area contributed by atoms with E-state index >= 15 is 0 Å². The standard InChI is InChI=1S/C37H36O11S3/c1-44-34-24-32(27-18-20-30(21-19-27)46-49(3,38)39)36(45-2)37(48-51(5,42)43)35(34)29-17-16-28(33(23-29)47-50(4,40)41)22-31(25-12-8-6-9-13-25)26-14-10-7-11-15-26/h6-21,23-24,31H,22H2,1-5H3. The molecule has 5 aromatic rings. The topological polar surface area (TPSA) is 149 Å². The zero-order valence-electron chi connectivity index (χ0n) is 28.4. The number of benzene rings is 5. The zero-order chi connectivity index (χ0) is 37.0. The summed E-state index contributed by atoms with van der Waals surface area (Å²) in [4.78, 5) is 0. The molecule has 14 heteroatoms. The van der Waals surface area contributed by atoms with Gasteiger partial charge in [-0.1, -0.05) is 84.9 Å². The maximum Gasteiger partial charge on any atom is 0.306 e. The van der Waals surface area contributed by atoms with Gasteiger partial charge < -0.3 is 22.0 Å². The van der Waals surface area contributed by atoms with E-state index in [1.807, 2.05) is 60.7 Å². The fourth-order valence-corrected chi connectivity index (χ4v) is 7.11. The highest BCUT2D eigenvalue weighted by molar-refractivity contribution is 7.86. The Morgan fingerprint density at radius 1 is 0.529 bits per heavy atom. The van der Waals surface area contributed by atoms with E-state index in [4.69, 9.17) is 22.0 Å². The molecule has 5 rings (SSSR count). The molecule has 0 unspecified atom stereocenters. The summed E-state index contributed by atoms with van der Waals surface area (Å²) < 4.78 is 101. The van der Waals surface area contributed by atoms with Crippen LogP contribution in [0.15, 0.2) is 109 Å². The molecule has 0 atom stereocenters.